The summed E-state index contributed by atoms with van der Waals surface area (Å²) in [5.41, 5.74) is 4.28. The second-order valence-corrected chi connectivity index (χ2v) is 10.7. The number of benzene rings is 1. The van der Waals surface area contributed by atoms with Gasteiger partial charge >= 0.3 is 21.7 Å². The van der Waals surface area contributed by atoms with Gasteiger partial charge in [0, 0.05) is 0 Å². The van der Waals surface area contributed by atoms with Crippen LogP contribution in [-0.4, -0.2) is 8.07 Å². The second-order valence-electron chi connectivity index (χ2n) is 6.46. The van der Waals surface area contributed by atoms with Crippen LogP contribution in [-0.2, 0) is 21.7 Å². The fraction of sp³-hybridized carbons (Fsp3) is 0.474. The fourth-order valence-electron chi connectivity index (χ4n) is 3.42. The van der Waals surface area contributed by atoms with Gasteiger partial charge in [0.1, 0.15) is 0 Å². The van der Waals surface area contributed by atoms with Crippen molar-refractivity contribution in [2.24, 2.45) is 0 Å². The standard InChI is InChI=1S/C19H27Si.3ClH.Ti/c1-6-7-11-20(5,19-10-8-9-17(19)4)18-13-15(2)12-16(3)14-18;;;;/h9,12-14H,6-8,11H2,1-5H3;3*1H;/q-1;;;;+4/p-3. The molecular weight excluding hydrogens is 411 g/mol. The predicted octanol–water partition coefficient (Wildman–Crippen LogP) is -3.98. The average molecular weight is 438 g/mol. The Hall–Kier alpha value is 0.501. The van der Waals surface area contributed by atoms with E-state index in [9.17, 15) is 0 Å². The van der Waals surface area contributed by atoms with Crippen molar-refractivity contribution in [2.45, 2.75) is 59.5 Å². The zero-order chi connectivity index (χ0) is 14.8. The molecule has 0 spiro atoms. The summed E-state index contributed by atoms with van der Waals surface area (Å²) in [6.45, 7) is 11.6. The van der Waals surface area contributed by atoms with Crippen LogP contribution in [0.15, 0.2) is 35.0 Å². The van der Waals surface area contributed by atoms with Crippen molar-refractivity contribution >= 4 is 13.3 Å². The van der Waals surface area contributed by atoms with E-state index >= 15 is 0 Å². The van der Waals surface area contributed by atoms with E-state index in [0.717, 1.165) is 6.42 Å². The van der Waals surface area contributed by atoms with Crippen molar-refractivity contribution in [3.05, 3.63) is 52.2 Å². The number of allylic oxidation sites excluding steroid dienone is 4. The largest absolute Gasteiger partial charge is 4.00 e. The number of unbranched alkanes of at least 4 members (excludes halogenated alkanes) is 1. The van der Waals surface area contributed by atoms with Crippen molar-refractivity contribution in [3.8, 4) is 0 Å². The third-order valence-corrected chi connectivity index (χ3v) is 9.11. The van der Waals surface area contributed by atoms with Crippen molar-refractivity contribution < 1.29 is 58.9 Å². The molecule has 0 N–H and O–H groups in total. The van der Waals surface area contributed by atoms with E-state index in [4.69, 9.17) is 0 Å². The molecule has 0 aromatic heterocycles. The van der Waals surface area contributed by atoms with Crippen LogP contribution in [0, 0.1) is 19.9 Å². The molecule has 0 saturated carbocycles. The van der Waals surface area contributed by atoms with Gasteiger partial charge in [-0.2, -0.15) is 6.08 Å². The Kier molecular flexibility index (Phi) is 15.6. The molecular formula is C19H27Cl3SiTi. The molecule has 2 rings (SSSR count). The average Bonchev–Trinajstić information content (AvgIpc) is 2.81. The minimum absolute atomic E-state index is 0. The first-order valence-electron chi connectivity index (χ1n) is 7.84. The molecule has 0 aliphatic heterocycles. The summed E-state index contributed by atoms with van der Waals surface area (Å²) in [5, 5.41) is 3.16. The van der Waals surface area contributed by atoms with Gasteiger partial charge in [0.05, 0.1) is 8.07 Å². The van der Waals surface area contributed by atoms with E-state index < -0.39 is 8.07 Å². The summed E-state index contributed by atoms with van der Waals surface area (Å²) in [6.07, 6.45) is 9.64. The van der Waals surface area contributed by atoms with Crippen molar-refractivity contribution in [1.29, 1.82) is 0 Å². The molecule has 0 amide bonds. The summed E-state index contributed by atoms with van der Waals surface area (Å²) >= 11 is 0. The Balaban J connectivity index is -0.00000110. The number of aryl methyl sites for hydroxylation is 2. The molecule has 1 aromatic rings. The van der Waals surface area contributed by atoms with Crippen LogP contribution >= 0.6 is 0 Å². The SMILES string of the molecule is CCCC[Si](C)(C1=[C-]CC=C1C)c1cc(C)cc(C)c1.[Cl-].[Cl-].[Cl-].[Ti+4]. The molecule has 0 saturated heterocycles. The monoisotopic (exact) mass is 436 g/mol. The Morgan fingerprint density at radius 1 is 1.00 bits per heavy atom. The molecule has 0 heterocycles. The van der Waals surface area contributed by atoms with Gasteiger partial charge in [-0.1, -0.05) is 66.9 Å². The van der Waals surface area contributed by atoms with E-state index in [-0.39, 0.29) is 58.9 Å². The molecule has 0 fully saturated rings. The predicted molar refractivity (Wildman–Crippen MR) is 92.0 cm³/mol. The zero-order valence-corrected chi connectivity index (χ0v) is 20.1. The van der Waals surface area contributed by atoms with Gasteiger partial charge in [-0.05, 0) is 13.8 Å². The number of hydrogen-bond acceptors (Lipinski definition) is 0. The van der Waals surface area contributed by atoms with E-state index in [1.807, 2.05) is 0 Å². The molecule has 0 nitrogen and oxygen atoms in total. The van der Waals surface area contributed by atoms with Gasteiger partial charge in [-0.15, -0.1) is 13.3 Å². The summed E-state index contributed by atoms with van der Waals surface area (Å²) in [5.74, 6) is 0. The Morgan fingerprint density at radius 3 is 1.96 bits per heavy atom. The summed E-state index contributed by atoms with van der Waals surface area (Å²) in [6, 6.07) is 8.48. The molecule has 24 heavy (non-hydrogen) atoms. The molecule has 5 heteroatoms. The Bertz CT molecular complexity index is 549. The Morgan fingerprint density at radius 2 is 1.54 bits per heavy atom. The van der Waals surface area contributed by atoms with Gasteiger partial charge in [-0.25, -0.2) is 10.8 Å². The number of hydrogen-bond donors (Lipinski definition) is 0. The first-order chi connectivity index (χ1) is 9.47. The van der Waals surface area contributed by atoms with Gasteiger partial charge in [-0.3, -0.25) is 6.08 Å². The normalized spacial score (nSPS) is 14.7. The molecule has 1 aliphatic rings. The first-order valence-corrected chi connectivity index (χ1v) is 10.6. The minimum Gasteiger partial charge on any atom is -1.00 e. The molecule has 1 unspecified atom stereocenters. The van der Waals surface area contributed by atoms with Crippen LogP contribution in [0.1, 0.15) is 44.2 Å². The molecule has 1 atom stereocenters. The van der Waals surface area contributed by atoms with Crippen LogP contribution < -0.4 is 42.4 Å². The molecule has 132 valence electrons. The second kappa shape index (κ2) is 12.8. The molecule has 1 aromatic carbocycles. The maximum atomic E-state index is 3.68. The van der Waals surface area contributed by atoms with Gasteiger partial charge in [0.25, 0.3) is 0 Å². The topological polar surface area (TPSA) is 0 Å². The Labute approximate surface area is 183 Å². The van der Waals surface area contributed by atoms with E-state index in [1.165, 1.54) is 35.6 Å². The van der Waals surface area contributed by atoms with Crippen molar-refractivity contribution in [3.63, 3.8) is 0 Å². The number of rotatable bonds is 5. The fourth-order valence-corrected chi connectivity index (χ4v) is 7.86. The van der Waals surface area contributed by atoms with E-state index in [0.29, 0.717) is 0 Å². The van der Waals surface area contributed by atoms with Crippen LogP contribution in [0.4, 0.5) is 0 Å². The summed E-state index contributed by atoms with van der Waals surface area (Å²) in [7, 11) is -1.60. The third kappa shape index (κ3) is 6.67. The minimum atomic E-state index is -1.60. The van der Waals surface area contributed by atoms with Gasteiger partial charge in [0.2, 0.25) is 0 Å². The van der Waals surface area contributed by atoms with Crippen LogP contribution in [0.2, 0.25) is 12.6 Å². The van der Waals surface area contributed by atoms with Crippen LogP contribution in [0.25, 0.3) is 0 Å². The van der Waals surface area contributed by atoms with Crippen molar-refractivity contribution in [1.82, 2.24) is 0 Å². The van der Waals surface area contributed by atoms with Gasteiger partial charge in [0.15, 0.2) is 0 Å². The summed E-state index contributed by atoms with van der Waals surface area (Å²) in [4.78, 5) is 0. The smallest absolute Gasteiger partial charge is 1.00 e. The maximum Gasteiger partial charge on any atom is 4.00 e. The summed E-state index contributed by atoms with van der Waals surface area (Å²) < 4.78 is 0. The molecule has 0 bridgehead atoms. The van der Waals surface area contributed by atoms with E-state index in [2.05, 4.69) is 64.6 Å². The first kappa shape index (κ1) is 29.3. The van der Waals surface area contributed by atoms with E-state index in [1.54, 1.807) is 10.4 Å². The van der Waals surface area contributed by atoms with Crippen LogP contribution in [0.3, 0.4) is 0 Å². The third-order valence-electron chi connectivity index (χ3n) is 4.52. The molecule has 0 radical (unpaired) electrons. The van der Waals surface area contributed by atoms with Gasteiger partial charge < -0.3 is 37.2 Å². The number of halogens is 3. The quantitative estimate of drug-likeness (QED) is 0.326. The van der Waals surface area contributed by atoms with Crippen LogP contribution in [0.5, 0.6) is 0 Å². The molecule has 1 aliphatic carbocycles. The van der Waals surface area contributed by atoms with Crippen molar-refractivity contribution in [2.75, 3.05) is 0 Å². The zero-order valence-electron chi connectivity index (χ0n) is 15.3. The maximum absolute atomic E-state index is 3.68.